The molecule has 190 valence electrons. The summed E-state index contributed by atoms with van der Waals surface area (Å²) in [7, 11) is 0. The number of halogens is 1. The Balaban J connectivity index is 1.30. The van der Waals surface area contributed by atoms with Crippen molar-refractivity contribution in [3.05, 3.63) is 53.7 Å². The number of rotatable bonds is 9. The third kappa shape index (κ3) is 5.71. The van der Waals surface area contributed by atoms with Crippen LogP contribution < -0.4 is 19.7 Å². The van der Waals surface area contributed by atoms with Gasteiger partial charge in [0.15, 0.2) is 11.5 Å². The van der Waals surface area contributed by atoms with E-state index < -0.39 is 0 Å². The van der Waals surface area contributed by atoms with Crippen molar-refractivity contribution in [1.82, 2.24) is 29.7 Å². The molecular formula is C25H30ClN7O3. The van der Waals surface area contributed by atoms with Crippen molar-refractivity contribution < 1.29 is 14.3 Å². The Morgan fingerprint density at radius 2 is 2.08 bits per heavy atom. The minimum Gasteiger partial charge on any atom is -0.454 e. The first kappa shape index (κ1) is 24.3. The molecule has 1 saturated heterocycles. The molecule has 1 fully saturated rings. The van der Waals surface area contributed by atoms with Gasteiger partial charge in [0.1, 0.15) is 17.3 Å². The fourth-order valence-electron chi connectivity index (χ4n) is 4.55. The van der Waals surface area contributed by atoms with Gasteiger partial charge in [-0.2, -0.15) is 4.98 Å². The zero-order valence-electron chi connectivity index (χ0n) is 20.3. The first-order valence-electron chi connectivity index (χ1n) is 12.3. The molecule has 1 N–H and O–H groups in total. The number of amides is 1. The van der Waals surface area contributed by atoms with Crippen molar-refractivity contribution in [3.63, 3.8) is 0 Å². The second-order valence-corrected chi connectivity index (χ2v) is 9.38. The van der Waals surface area contributed by atoms with Gasteiger partial charge < -0.3 is 19.7 Å². The fraction of sp³-hybridized carbons (Fsp3) is 0.440. The maximum Gasteiger partial charge on any atom is 0.238 e. The van der Waals surface area contributed by atoms with Crippen LogP contribution in [-0.4, -0.2) is 69.3 Å². The molecule has 1 unspecified atom stereocenters. The second kappa shape index (κ2) is 11.1. The van der Waals surface area contributed by atoms with Gasteiger partial charge in [0.05, 0.1) is 6.04 Å². The summed E-state index contributed by atoms with van der Waals surface area (Å²) in [6.45, 7) is 6.29. The number of nitrogens with zero attached hydrogens (tertiary/aromatic N) is 6. The molecule has 10 nitrogen and oxygen atoms in total. The molecule has 1 atom stereocenters. The third-order valence-corrected chi connectivity index (χ3v) is 6.64. The number of anilines is 1. The molecule has 0 bridgehead atoms. The smallest absolute Gasteiger partial charge is 0.238 e. The third-order valence-electron chi connectivity index (χ3n) is 6.44. The number of benzene rings is 1. The standard InChI is InChI=1S/C25H30ClN7O3/c1-2-3-7-31-9-10-33(23-13-22(26)29-25(30-23)32-8-6-27-16-32)19(15-31)12-24(34)28-14-18-4-5-20-21(11-18)36-17-35-20/h4-6,8,11,13,16,19H,2-3,7,9-10,12,14-15,17H2,1H3,(H,28,34). The summed E-state index contributed by atoms with van der Waals surface area (Å²) in [4.78, 5) is 30.8. The highest BCUT2D eigenvalue weighted by atomic mass is 35.5. The second-order valence-electron chi connectivity index (χ2n) is 8.99. The van der Waals surface area contributed by atoms with Gasteiger partial charge >= 0.3 is 0 Å². The number of ether oxygens (including phenoxy) is 2. The van der Waals surface area contributed by atoms with Crippen LogP contribution in [0.1, 0.15) is 31.7 Å². The van der Waals surface area contributed by atoms with Crippen LogP contribution in [0.3, 0.4) is 0 Å². The van der Waals surface area contributed by atoms with E-state index in [1.54, 1.807) is 29.4 Å². The van der Waals surface area contributed by atoms with Gasteiger partial charge in [-0.1, -0.05) is 31.0 Å². The first-order valence-corrected chi connectivity index (χ1v) is 12.6. The summed E-state index contributed by atoms with van der Waals surface area (Å²) in [5, 5.41) is 3.41. The Labute approximate surface area is 215 Å². The average Bonchev–Trinajstić information content (AvgIpc) is 3.58. The Kier molecular flexibility index (Phi) is 7.52. The highest BCUT2D eigenvalue weighted by Crippen LogP contribution is 2.32. The number of hydrogen-bond donors (Lipinski definition) is 1. The van der Waals surface area contributed by atoms with Gasteiger partial charge in [-0.25, -0.2) is 9.97 Å². The Bertz CT molecular complexity index is 1190. The number of fused-ring (bicyclic) bond motifs is 1. The Morgan fingerprint density at radius 1 is 1.19 bits per heavy atom. The average molecular weight is 512 g/mol. The summed E-state index contributed by atoms with van der Waals surface area (Å²) in [6.07, 6.45) is 7.70. The zero-order valence-corrected chi connectivity index (χ0v) is 21.0. The minimum atomic E-state index is -0.0473. The number of nitrogens with one attached hydrogen (secondary N) is 1. The van der Waals surface area contributed by atoms with Crippen LogP contribution in [0.15, 0.2) is 43.0 Å². The number of carbonyl (C=O) groups is 1. The highest BCUT2D eigenvalue weighted by Gasteiger charge is 2.30. The largest absolute Gasteiger partial charge is 0.454 e. The molecule has 36 heavy (non-hydrogen) atoms. The number of piperazine rings is 1. The van der Waals surface area contributed by atoms with E-state index in [1.165, 1.54) is 0 Å². The molecule has 2 aliphatic rings. The van der Waals surface area contributed by atoms with Crippen LogP contribution in [-0.2, 0) is 11.3 Å². The van der Waals surface area contributed by atoms with Crippen molar-refractivity contribution >= 4 is 23.3 Å². The number of unbranched alkanes of at least 4 members (excludes halogenated alkanes) is 1. The molecule has 0 aliphatic carbocycles. The summed E-state index contributed by atoms with van der Waals surface area (Å²) in [6, 6.07) is 7.43. The summed E-state index contributed by atoms with van der Waals surface area (Å²) in [5.74, 6) is 2.58. The van der Waals surface area contributed by atoms with E-state index in [9.17, 15) is 4.79 Å². The predicted molar refractivity (Wildman–Crippen MR) is 136 cm³/mol. The van der Waals surface area contributed by atoms with Gasteiger partial charge in [-0.05, 0) is 30.7 Å². The molecule has 2 aromatic heterocycles. The first-order chi connectivity index (χ1) is 17.6. The lowest BCUT2D eigenvalue weighted by Gasteiger charge is -2.42. The lowest BCUT2D eigenvalue weighted by Crippen LogP contribution is -2.55. The van der Waals surface area contributed by atoms with Gasteiger partial charge in [-0.3, -0.25) is 14.3 Å². The molecule has 1 aromatic carbocycles. The van der Waals surface area contributed by atoms with Crippen LogP contribution in [0.2, 0.25) is 5.15 Å². The quantitative estimate of drug-likeness (QED) is 0.438. The molecule has 5 rings (SSSR count). The fourth-order valence-corrected chi connectivity index (χ4v) is 4.73. The van der Waals surface area contributed by atoms with Crippen molar-refractivity contribution in [1.29, 1.82) is 0 Å². The van der Waals surface area contributed by atoms with Crippen LogP contribution in [0.5, 0.6) is 11.5 Å². The SMILES string of the molecule is CCCCN1CCN(c2cc(Cl)nc(-n3ccnc3)n2)C(CC(=O)NCc2ccc3c(c2)OCO3)C1. The molecule has 2 aliphatic heterocycles. The van der Waals surface area contributed by atoms with Gasteiger partial charge in [0.2, 0.25) is 18.6 Å². The van der Waals surface area contributed by atoms with Gasteiger partial charge in [-0.15, -0.1) is 0 Å². The van der Waals surface area contributed by atoms with Crippen LogP contribution in [0.25, 0.3) is 5.95 Å². The number of hydrogen-bond acceptors (Lipinski definition) is 8. The molecular weight excluding hydrogens is 482 g/mol. The van der Waals surface area contributed by atoms with E-state index >= 15 is 0 Å². The maximum absolute atomic E-state index is 13.1. The predicted octanol–water partition coefficient (Wildman–Crippen LogP) is 3.04. The van der Waals surface area contributed by atoms with Crippen LogP contribution in [0, 0.1) is 0 Å². The number of aromatic nitrogens is 4. The minimum absolute atomic E-state index is 0.0185. The molecule has 0 radical (unpaired) electrons. The van der Waals surface area contributed by atoms with Gasteiger partial charge in [0.25, 0.3) is 0 Å². The van der Waals surface area contributed by atoms with Crippen LogP contribution >= 0.6 is 11.6 Å². The summed E-state index contributed by atoms with van der Waals surface area (Å²) in [5.41, 5.74) is 0.963. The van der Waals surface area contributed by atoms with E-state index in [-0.39, 0.29) is 18.7 Å². The number of carbonyl (C=O) groups excluding carboxylic acids is 1. The monoisotopic (exact) mass is 511 g/mol. The lowest BCUT2D eigenvalue weighted by atomic mass is 10.1. The highest BCUT2D eigenvalue weighted by molar-refractivity contribution is 6.29. The van der Waals surface area contributed by atoms with Gasteiger partial charge in [0, 0.05) is 51.1 Å². The van der Waals surface area contributed by atoms with E-state index in [4.69, 9.17) is 26.1 Å². The molecule has 1 amide bonds. The Morgan fingerprint density at radius 3 is 2.92 bits per heavy atom. The lowest BCUT2D eigenvalue weighted by molar-refractivity contribution is -0.121. The van der Waals surface area contributed by atoms with Crippen molar-refractivity contribution in [2.45, 2.75) is 38.8 Å². The summed E-state index contributed by atoms with van der Waals surface area (Å²) < 4.78 is 12.5. The Hall–Kier alpha value is -3.37. The normalized spacial score (nSPS) is 17.4. The number of imidazole rings is 1. The van der Waals surface area contributed by atoms with E-state index in [1.807, 2.05) is 18.2 Å². The molecule has 0 saturated carbocycles. The van der Waals surface area contributed by atoms with E-state index in [0.29, 0.717) is 35.6 Å². The van der Waals surface area contributed by atoms with Crippen molar-refractivity contribution in [3.8, 4) is 17.4 Å². The van der Waals surface area contributed by atoms with Crippen molar-refractivity contribution in [2.24, 2.45) is 0 Å². The van der Waals surface area contributed by atoms with Crippen molar-refractivity contribution in [2.75, 3.05) is 37.9 Å². The van der Waals surface area contributed by atoms with Crippen LogP contribution in [0.4, 0.5) is 5.82 Å². The van der Waals surface area contributed by atoms with E-state index in [0.717, 1.165) is 50.3 Å². The molecule has 0 spiro atoms. The summed E-state index contributed by atoms with van der Waals surface area (Å²) >= 11 is 6.37. The molecule has 3 aromatic rings. The van der Waals surface area contributed by atoms with E-state index in [2.05, 4.69) is 32.0 Å². The molecule has 11 heteroatoms. The topological polar surface area (TPSA) is 97.6 Å². The molecule has 4 heterocycles. The maximum atomic E-state index is 13.1. The zero-order chi connectivity index (χ0) is 24.9.